The molecule has 7 atom stereocenters. The first-order valence-electron chi connectivity index (χ1n) is 8.24. The number of allylic oxidation sites excluding steroid dienone is 1. The van der Waals surface area contributed by atoms with Crippen LogP contribution in [-0.4, -0.2) is 102 Å². The molecule has 28 heavy (non-hydrogen) atoms. The van der Waals surface area contributed by atoms with Crippen LogP contribution in [-0.2, 0) is 28.9 Å². The van der Waals surface area contributed by atoms with E-state index in [0.29, 0.717) is 0 Å². The van der Waals surface area contributed by atoms with Gasteiger partial charge in [-0.25, -0.2) is 4.18 Å². The van der Waals surface area contributed by atoms with E-state index in [1.54, 1.807) is 6.92 Å². The summed E-state index contributed by atoms with van der Waals surface area (Å²) in [6.45, 7) is 0.0640. The predicted molar refractivity (Wildman–Crippen MR) is 91.9 cm³/mol. The smallest absolute Gasteiger partial charge is 0.394 e. The predicted octanol–water partition coefficient (Wildman–Crippen LogP) is -3.99. The van der Waals surface area contributed by atoms with Gasteiger partial charge in [0.25, 0.3) is 0 Å². The number of hydrogen-bond donors (Lipinski definition) is 7. The van der Waals surface area contributed by atoms with Crippen LogP contribution in [0.15, 0.2) is 12.2 Å². The maximum atomic E-state index is 11.5. The van der Waals surface area contributed by atoms with Crippen LogP contribution in [0.5, 0.6) is 0 Å². The second kappa shape index (κ2) is 11.1. The minimum absolute atomic E-state index is 0.356. The summed E-state index contributed by atoms with van der Waals surface area (Å²) in [4.78, 5) is 11.5. The summed E-state index contributed by atoms with van der Waals surface area (Å²) in [6.07, 6.45) is -6.94. The zero-order valence-electron chi connectivity index (χ0n) is 15.0. The van der Waals surface area contributed by atoms with Gasteiger partial charge in [-0.05, 0) is 6.92 Å². The highest BCUT2D eigenvalue weighted by Gasteiger charge is 2.48. The molecule has 1 aliphatic rings. The number of nitrogens with one attached hydrogen (secondary N) is 1. The minimum atomic E-state index is -5.05. The maximum absolute atomic E-state index is 11.5. The molecule has 0 bridgehead atoms. The third kappa shape index (κ3) is 7.32. The van der Waals surface area contributed by atoms with Crippen LogP contribution >= 0.6 is 0 Å². The Bertz CT molecular complexity index is 629. The Morgan fingerprint density at radius 3 is 2.50 bits per heavy atom. The van der Waals surface area contributed by atoms with Crippen molar-refractivity contribution < 1.29 is 51.8 Å². The number of rotatable bonds is 10. The van der Waals surface area contributed by atoms with Gasteiger partial charge in [-0.15, -0.1) is 0 Å². The molecule has 1 rings (SSSR count). The van der Waals surface area contributed by atoms with Crippen LogP contribution in [0.2, 0.25) is 0 Å². The molecule has 0 saturated carbocycles. The van der Waals surface area contributed by atoms with Gasteiger partial charge in [0.2, 0.25) is 5.91 Å². The second-order valence-electron chi connectivity index (χ2n) is 5.92. The first kappa shape index (κ1) is 24.8. The number of aliphatic hydroxyl groups excluding tert-OH is 4. The molecule has 1 aliphatic heterocycles. The molecule has 1 fully saturated rings. The fourth-order valence-electron chi connectivity index (χ4n) is 2.47. The Hall–Kier alpha value is -1.20. The Kier molecular flexibility index (Phi) is 9.85. The van der Waals surface area contributed by atoms with Gasteiger partial charge >= 0.3 is 10.4 Å². The van der Waals surface area contributed by atoms with Crippen LogP contribution in [0.3, 0.4) is 0 Å². The molecule has 164 valence electrons. The van der Waals surface area contributed by atoms with Gasteiger partial charge in [-0.1, -0.05) is 12.2 Å². The lowest BCUT2D eigenvalue weighted by molar-refractivity contribution is -0.298. The summed E-state index contributed by atoms with van der Waals surface area (Å²) in [5, 5.41) is 41.8. The lowest BCUT2D eigenvalue weighted by atomic mass is 9.99. The normalized spacial score (nSPS) is 30.9. The fourth-order valence-corrected chi connectivity index (χ4v) is 2.97. The minimum Gasteiger partial charge on any atom is -0.394 e. The number of aliphatic hydroxyl groups is 4. The number of amides is 1. The lowest BCUT2D eigenvalue weighted by Gasteiger charge is -2.41. The standard InChI is InChI=1S/C14H26N2O11S/c1-2-3-8(18)7(16-10(19)4-15)6-25-14-12(21)13(27-28(22,23)24)11(20)9(5-17)26-14/h2-3,7-9,11-14,17-18,20-21H,4-6,15H2,1H3,(H,16,19)(H,22,23,24)/b3-2+/t7-,8+,9+,11-,12+,13-,14+/m0/s1. The molecule has 1 heterocycles. The van der Waals surface area contributed by atoms with Crippen LogP contribution in [0.1, 0.15) is 6.92 Å². The molecule has 1 saturated heterocycles. The highest BCUT2D eigenvalue weighted by molar-refractivity contribution is 7.80. The van der Waals surface area contributed by atoms with Crippen molar-refractivity contribution >= 4 is 16.3 Å². The van der Waals surface area contributed by atoms with Gasteiger partial charge in [0.15, 0.2) is 6.29 Å². The zero-order valence-corrected chi connectivity index (χ0v) is 15.8. The van der Waals surface area contributed by atoms with Crippen molar-refractivity contribution in [3.63, 3.8) is 0 Å². The van der Waals surface area contributed by atoms with Crippen molar-refractivity contribution in [2.24, 2.45) is 5.73 Å². The van der Waals surface area contributed by atoms with E-state index in [0.717, 1.165) is 0 Å². The van der Waals surface area contributed by atoms with E-state index in [1.165, 1.54) is 12.2 Å². The van der Waals surface area contributed by atoms with Crippen molar-refractivity contribution in [2.45, 2.75) is 49.8 Å². The number of carbonyl (C=O) groups excluding carboxylic acids is 1. The quantitative estimate of drug-likeness (QED) is 0.130. The number of ether oxygens (including phenoxy) is 2. The molecular weight excluding hydrogens is 404 g/mol. The molecule has 0 radical (unpaired) electrons. The van der Waals surface area contributed by atoms with E-state index >= 15 is 0 Å². The summed E-state index contributed by atoms with van der Waals surface area (Å²) >= 11 is 0. The molecule has 14 heteroatoms. The molecule has 0 aliphatic carbocycles. The van der Waals surface area contributed by atoms with Crippen molar-refractivity contribution in [2.75, 3.05) is 19.8 Å². The fraction of sp³-hybridized carbons (Fsp3) is 0.786. The Labute approximate surface area is 161 Å². The van der Waals surface area contributed by atoms with E-state index in [2.05, 4.69) is 9.50 Å². The summed E-state index contributed by atoms with van der Waals surface area (Å²) < 4.78 is 45.4. The maximum Gasteiger partial charge on any atom is 0.397 e. The molecular formula is C14H26N2O11S. The van der Waals surface area contributed by atoms with E-state index in [9.17, 15) is 33.6 Å². The average molecular weight is 430 g/mol. The van der Waals surface area contributed by atoms with Gasteiger partial charge in [0.05, 0.1) is 31.9 Å². The van der Waals surface area contributed by atoms with Crippen LogP contribution in [0.4, 0.5) is 0 Å². The van der Waals surface area contributed by atoms with Crippen molar-refractivity contribution in [3.05, 3.63) is 12.2 Å². The SMILES string of the molecule is C/C=C/[C@@H](O)[C@H](CO[C@@H]1O[C@H](CO)[C@H](O)[C@H](OS(=O)(=O)O)[C@H]1O)NC(=O)CN. The van der Waals surface area contributed by atoms with E-state index < -0.39 is 72.4 Å². The Morgan fingerprint density at radius 1 is 1.36 bits per heavy atom. The average Bonchev–Trinajstić information content (AvgIpc) is 2.62. The third-order valence-corrected chi connectivity index (χ3v) is 4.29. The molecule has 13 nitrogen and oxygen atoms in total. The number of hydrogen-bond acceptors (Lipinski definition) is 11. The third-order valence-electron chi connectivity index (χ3n) is 3.83. The van der Waals surface area contributed by atoms with Gasteiger partial charge in [-0.3, -0.25) is 9.35 Å². The van der Waals surface area contributed by atoms with Crippen molar-refractivity contribution in [3.8, 4) is 0 Å². The van der Waals surface area contributed by atoms with Crippen LogP contribution in [0, 0.1) is 0 Å². The van der Waals surface area contributed by atoms with Crippen LogP contribution in [0.25, 0.3) is 0 Å². The van der Waals surface area contributed by atoms with Gasteiger partial charge < -0.3 is 41.0 Å². The number of nitrogens with two attached hydrogens (primary N) is 1. The summed E-state index contributed by atoms with van der Waals surface area (Å²) in [5.41, 5.74) is 5.21. The van der Waals surface area contributed by atoms with Crippen molar-refractivity contribution in [1.82, 2.24) is 5.32 Å². The molecule has 0 aromatic heterocycles. The van der Waals surface area contributed by atoms with Gasteiger partial charge in [0, 0.05) is 0 Å². The summed E-state index contributed by atoms with van der Waals surface area (Å²) in [7, 11) is -5.05. The van der Waals surface area contributed by atoms with Crippen molar-refractivity contribution in [1.29, 1.82) is 0 Å². The second-order valence-corrected chi connectivity index (χ2v) is 6.97. The molecule has 1 amide bonds. The summed E-state index contributed by atoms with van der Waals surface area (Å²) in [6, 6.07) is -1.01. The van der Waals surface area contributed by atoms with E-state index in [1.807, 2.05) is 0 Å². The Balaban J connectivity index is 2.91. The van der Waals surface area contributed by atoms with E-state index in [4.69, 9.17) is 19.8 Å². The topological polar surface area (TPSA) is 218 Å². The largest absolute Gasteiger partial charge is 0.397 e. The molecule has 0 unspecified atom stereocenters. The molecule has 8 N–H and O–H groups in total. The Morgan fingerprint density at radius 2 is 2.00 bits per heavy atom. The van der Waals surface area contributed by atoms with Gasteiger partial charge in [0.1, 0.15) is 24.4 Å². The molecule has 0 aromatic carbocycles. The summed E-state index contributed by atoms with van der Waals surface area (Å²) in [5.74, 6) is -0.599. The van der Waals surface area contributed by atoms with Gasteiger partial charge in [-0.2, -0.15) is 8.42 Å². The molecule has 0 aromatic rings. The van der Waals surface area contributed by atoms with E-state index in [-0.39, 0.29) is 6.54 Å². The first-order chi connectivity index (χ1) is 13.0. The zero-order chi connectivity index (χ0) is 21.5. The molecule has 0 spiro atoms. The number of carbonyl (C=O) groups is 1. The van der Waals surface area contributed by atoms with Crippen LogP contribution < -0.4 is 11.1 Å². The lowest BCUT2D eigenvalue weighted by Crippen LogP contribution is -2.61. The highest BCUT2D eigenvalue weighted by Crippen LogP contribution is 2.25. The highest BCUT2D eigenvalue weighted by atomic mass is 32.3. The monoisotopic (exact) mass is 430 g/mol. The first-order valence-corrected chi connectivity index (χ1v) is 9.60.